The normalized spacial score (nSPS) is 12.7. The second kappa shape index (κ2) is 5.31. The van der Waals surface area contributed by atoms with Crippen LogP contribution in [0.5, 0.6) is 0 Å². The van der Waals surface area contributed by atoms with Crippen molar-refractivity contribution in [1.82, 2.24) is 5.43 Å². The third-order valence-electron chi connectivity index (χ3n) is 3.19. The summed E-state index contributed by atoms with van der Waals surface area (Å²) in [6.45, 7) is 0. The van der Waals surface area contributed by atoms with Gasteiger partial charge in [-0.15, -0.1) is 11.3 Å². The molecular weight excluding hydrogens is 276 g/mol. The Morgan fingerprint density at radius 3 is 2.53 bits per heavy atom. The van der Waals surface area contributed by atoms with E-state index in [0.717, 1.165) is 10.6 Å². The van der Waals surface area contributed by atoms with E-state index in [0.29, 0.717) is 0 Å². The lowest BCUT2D eigenvalue weighted by atomic mass is 9.99. The Labute approximate surface area is 120 Å². The molecule has 3 aromatic rings. The minimum Gasteiger partial charge on any atom is -0.271 e. The molecule has 3 N–H and O–H groups in total. The highest BCUT2D eigenvalue weighted by atomic mass is 35.5. The number of fused-ring (bicyclic) bond motifs is 1. The van der Waals surface area contributed by atoms with Gasteiger partial charge in [0, 0.05) is 9.72 Å². The topological polar surface area (TPSA) is 38.0 Å². The van der Waals surface area contributed by atoms with Crippen molar-refractivity contribution in [3.8, 4) is 0 Å². The van der Waals surface area contributed by atoms with E-state index in [1.165, 1.54) is 15.6 Å². The summed E-state index contributed by atoms with van der Waals surface area (Å²) in [4.78, 5) is 0. The van der Waals surface area contributed by atoms with Crippen molar-refractivity contribution < 1.29 is 0 Å². The van der Waals surface area contributed by atoms with Crippen LogP contribution in [-0.2, 0) is 0 Å². The van der Waals surface area contributed by atoms with Gasteiger partial charge in [-0.1, -0.05) is 41.9 Å². The molecule has 1 heterocycles. The van der Waals surface area contributed by atoms with Crippen molar-refractivity contribution in [2.75, 3.05) is 0 Å². The lowest BCUT2D eigenvalue weighted by Crippen LogP contribution is -2.28. The van der Waals surface area contributed by atoms with Gasteiger partial charge in [0.05, 0.1) is 6.04 Å². The maximum absolute atomic E-state index is 5.93. The Hall–Kier alpha value is -1.39. The number of nitrogens with two attached hydrogens (primary N) is 1. The van der Waals surface area contributed by atoms with Crippen molar-refractivity contribution in [1.29, 1.82) is 0 Å². The van der Waals surface area contributed by atoms with Crippen LogP contribution in [0, 0.1) is 0 Å². The molecule has 0 amide bonds. The molecule has 19 heavy (non-hydrogen) atoms. The highest BCUT2D eigenvalue weighted by Crippen LogP contribution is 2.33. The van der Waals surface area contributed by atoms with Crippen molar-refractivity contribution in [3.63, 3.8) is 0 Å². The third-order valence-corrected chi connectivity index (χ3v) is 4.43. The molecule has 0 spiro atoms. The molecule has 0 saturated heterocycles. The Morgan fingerprint density at radius 1 is 1.05 bits per heavy atom. The summed E-state index contributed by atoms with van der Waals surface area (Å²) in [6, 6.07) is 16.1. The summed E-state index contributed by atoms with van der Waals surface area (Å²) in [6.07, 6.45) is 0. The second-order valence-corrected chi connectivity index (χ2v) is 5.69. The molecule has 3 rings (SSSR count). The van der Waals surface area contributed by atoms with Crippen molar-refractivity contribution in [2.24, 2.45) is 5.84 Å². The van der Waals surface area contributed by atoms with Crippen LogP contribution in [0.2, 0.25) is 5.02 Å². The number of thiophene rings is 1. The van der Waals surface area contributed by atoms with Gasteiger partial charge < -0.3 is 0 Å². The zero-order chi connectivity index (χ0) is 13.2. The van der Waals surface area contributed by atoms with Gasteiger partial charge in [0.2, 0.25) is 0 Å². The average molecular weight is 289 g/mol. The predicted molar refractivity (Wildman–Crippen MR) is 82.4 cm³/mol. The van der Waals surface area contributed by atoms with E-state index >= 15 is 0 Å². The first-order valence-electron chi connectivity index (χ1n) is 5.97. The van der Waals surface area contributed by atoms with Crippen molar-refractivity contribution in [3.05, 3.63) is 70.1 Å². The lowest BCUT2D eigenvalue weighted by Gasteiger charge is -2.16. The fraction of sp³-hybridized carbons (Fsp3) is 0.0667. The van der Waals surface area contributed by atoms with Gasteiger partial charge in [0.15, 0.2) is 0 Å². The number of hydrogen-bond acceptors (Lipinski definition) is 3. The molecule has 0 aliphatic carbocycles. The maximum atomic E-state index is 5.93. The van der Waals surface area contributed by atoms with E-state index in [9.17, 15) is 0 Å². The van der Waals surface area contributed by atoms with Gasteiger partial charge in [0.25, 0.3) is 0 Å². The number of nitrogens with one attached hydrogen (secondary N) is 1. The van der Waals surface area contributed by atoms with Gasteiger partial charge >= 0.3 is 0 Å². The fourth-order valence-corrected chi connectivity index (χ4v) is 3.36. The van der Waals surface area contributed by atoms with E-state index in [2.05, 4.69) is 29.0 Å². The average Bonchev–Trinajstić information content (AvgIpc) is 2.86. The van der Waals surface area contributed by atoms with Crippen LogP contribution in [0.3, 0.4) is 0 Å². The second-order valence-electron chi connectivity index (χ2n) is 4.34. The van der Waals surface area contributed by atoms with Crippen LogP contribution >= 0.6 is 22.9 Å². The molecule has 0 aliphatic heterocycles. The summed E-state index contributed by atoms with van der Waals surface area (Å²) in [7, 11) is 0. The largest absolute Gasteiger partial charge is 0.271 e. The van der Waals surface area contributed by atoms with Crippen LogP contribution in [0.15, 0.2) is 53.9 Å². The van der Waals surface area contributed by atoms with E-state index < -0.39 is 0 Å². The van der Waals surface area contributed by atoms with Crippen molar-refractivity contribution >= 4 is 33.0 Å². The Balaban J connectivity index is 2.09. The number of rotatable bonds is 3. The van der Waals surface area contributed by atoms with Gasteiger partial charge in [0.1, 0.15) is 0 Å². The predicted octanol–water partition coefficient (Wildman–Crippen LogP) is 4.11. The summed E-state index contributed by atoms with van der Waals surface area (Å²) >= 11 is 7.66. The van der Waals surface area contributed by atoms with Gasteiger partial charge in [-0.2, -0.15) is 0 Å². The zero-order valence-corrected chi connectivity index (χ0v) is 11.7. The molecule has 0 aliphatic rings. The summed E-state index contributed by atoms with van der Waals surface area (Å²) in [5.74, 6) is 5.75. The monoisotopic (exact) mass is 288 g/mol. The summed E-state index contributed by atoms with van der Waals surface area (Å²) < 4.78 is 1.27. The number of halogens is 1. The first kappa shape index (κ1) is 12.6. The maximum Gasteiger partial charge on any atom is 0.0724 e. The molecule has 2 nitrogen and oxygen atoms in total. The lowest BCUT2D eigenvalue weighted by molar-refractivity contribution is 0.642. The number of hydrogen-bond donors (Lipinski definition) is 2. The molecular formula is C15H13ClN2S. The van der Waals surface area contributed by atoms with Gasteiger partial charge in [-0.05, 0) is 40.1 Å². The van der Waals surface area contributed by atoms with Crippen LogP contribution in [-0.4, -0.2) is 0 Å². The van der Waals surface area contributed by atoms with Crippen LogP contribution in [0.4, 0.5) is 0 Å². The minimum absolute atomic E-state index is 0.0200. The first-order chi connectivity index (χ1) is 9.29. The SMILES string of the molecule is NNC(c1ccc(Cl)cc1)c1csc2ccccc12. The molecule has 4 heteroatoms. The number of hydrazine groups is 1. The quantitative estimate of drug-likeness (QED) is 0.562. The Kier molecular flexibility index (Phi) is 3.53. The van der Waals surface area contributed by atoms with Crippen LogP contribution < -0.4 is 11.3 Å². The summed E-state index contributed by atoms with van der Waals surface area (Å²) in [5.41, 5.74) is 5.20. The standard InChI is InChI=1S/C15H13ClN2S/c16-11-7-5-10(6-8-11)15(18-17)13-9-19-14-4-2-1-3-12(13)14/h1-9,15,18H,17H2. The molecule has 1 atom stereocenters. The Bertz CT molecular complexity index is 691. The first-order valence-corrected chi connectivity index (χ1v) is 7.23. The number of benzene rings is 2. The molecule has 0 radical (unpaired) electrons. The van der Waals surface area contributed by atoms with E-state index in [4.69, 9.17) is 17.4 Å². The minimum atomic E-state index is -0.0200. The molecule has 0 saturated carbocycles. The summed E-state index contributed by atoms with van der Waals surface area (Å²) in [5, 5.41) is 4.13. The van der Waals surface area contributed by atoms with E-state index in [1.807, 2.05) is 30.3 Å². The molecule has 1 aromatic heterocycles. The Morgan fingerprint density at radius 2 is 1.79 bits per heavy atom. The zero-order valence-electron chi connectivity index (χ0n) is 10.1. The molecule has 2 aromatic carbocycles. The highest BCUT2D eigenvalue weighted by Gasteiger charge is 2.16. The molecule has 1 unspecified atom stereocenters. The molecule has 96 valence electrons. The van der Waals surface area contributed by atoms with Gasteiger partial charge in [-0.3, -0.25) is 5.84 Å². The molecule has 0 fully saturated rings. The van der Waals surface area contributed by atoms with E-state index in [-0.39, 0.29) is 6.04 Å². The van der Waals surface area contributed by atoms with Crippen LogP contribution in [0.25, 0.3) is 10.1 Å². The fourth-order valence-electron chi connectivity index (χ4n) is 2.24. The van der Waals surface area contributed by atoms with Crippen molar-refractivity contribution in [2.45, 2.75) is 6.04 Å². The van der Waals surface area contributed by atoms with E-state index in [1.54, 1.807) is 11.3 Å². The van der Waals surface area contributed by atoms with Crippen LogP contribution in [0.1, 0.15) is 17.2 Å². The highest BCUT2D eigenvalue weighted by molar-refractivity contribution is 7.17. The third kappa shape index (κ3) is 2.38. The smallest absolute Gasteiger partial charge is 0.0724 e. The molecule has 0 bridgehead atoms. The van der Waals surface area contributed by atoms with Gasteiger partial charge in [-0.25, -0.2) is 5.43 Å².